The number of hydrogen-bond donors (Lipinski definition) is 0. The second kappa shape index (κ2) is 15.9. The summed E-state index contributed by atoms with van der Waals surface area (Å²) >= 11 is 0. The molecule has 0 spiro atoms. The van der Waals surface area contributed by atoms with Crippen LogP contribution >= 0.6 is 0 Å². The molecule has 4 heavy (non-hydrogen) atoms. The molecule has 12 radical (unpaired) electrons. The third-order valence-corrected chi connectivity index (χ3v) is 0. The molecule has 0 saturated heterocycles. The van der Waals surface area contributed by atoms with Gasteiger partial charge in [-0.1, -0.05) is 0 Å². The van der Waals surface area contributed by atoms with E-state index in [1.807, 2.05) is 0 Å². The summed E-state index contributed by atoms with van der Waals surface area (Å²) < 4.78 is 0. The quantitative estimate of drug-likeness (QED) is 0.356. The standard InChI is InChI=1S/Dy.3Sn. The SMILES string of the molecule is [Dy].[Sn].[Sn].[Sn]. The van der Waals surface area contributed by atoms with Gasteiger partial charge in [-0.15, -0.1) is 0 Å². The second-order valence-electron chi connectivity index (χ2n) is 0. The maximum absolute atomic E-state index is 0. The van der Waals surface area contributed by atoms with Crippen molar-refractivity contribution in [2.45, 2.75) is 0 Å². The number of rotatable bonds is 0. The minimum atomic E-state index is 0. The Hall–Kier alpha value is 3.67. The van der Waals surface area contributed by atoms with Gasteiger partial charge in [-0.2, -0.15) is 0 Å². The van der Waals surface area contributed by atoms with Crippen LogP contribution in [0.2, 0.25) is 0 Å². The smallest absolute Gasteiger partial charge is 0 e. The van der Waals surface area contributed by atoms with Crippen molar-refractivity contribution in [1.82, 2.24) is 0 Å². The first-order valence-corrected chi connectivity index (χ1v) is 0. The van der Waals surface area contributed by atoms with E-state index in [9.17, 15) is 0 Å². The van der Waals surface area contributed by atoms with Crippen molar-refractivity contribution in [3.8, 4) is 0 Å². The summed E-state index contributed by atoms with van der Waals surface area (Å²) in [5.74, 6) is 0. The monoisotopic (exact) mass is 524 g/mol. The largest absolute Gasteiger partial charge is 0 e. The zero-order valence-corrected chi connectivity index (χ0v) is 12.4. The molecule has 0 nitrogen and oxygen atoms in total. The van der Waals surface area contributed by atoms with Crippen LogP contribution in [0, 0.1) is 38.2 Å². The molecule has 0 unspecified atom stereocenters. The molecule has 0 aliphatic carbocycles. The molecule has 0 aliphatic rings. The molecule has 0 heterocycles. The summed E-state index contributed by atoms with van der Waals surface area (Å²) in [4.78, 5) is 0. The second-order valence-corrected chi connectivity index (χ2v) is 0. The predicted octanol–water partition coefficient (Wildman–Crippen LogP) is -1.14. The van der Waals surface area contributed by atoms with E-state index < -0.39 is 0 Å². The maximum atomic E-state index is 0. The van der Waals surface area contributed by atoms with E-state index in [4.69, 9.17) is 0 Å². The van der Waals surface area contributed by atoms with Crippen LogP contribution in [0.4, 0.5) is 0 Å². The van der Waals surface area contributed by atoms with E-state index in [1.54, 1.807) is 0 Å². The average Bonchev–Trinajstić information content (AvgIpc) is 0. The molecule has 4 heteroatoms. The molecule has 0 aliphatic heterocycles. The van der Waals surface area contributed by atoms with Crippen molar-refractivity contribution in [3.05, 3.63) is 0 Å². The summed E-state index contributed by atoms with van der Waals surface area (Å²) in [6.45, 7) is 0. The fourth-order valence-electron chi connectivity index (χ4n) is 0. The third kappa shape index (κ3) is 9.18. The Morgan fingerprint density at radius 2 is 0.500 bits per heavy atom. The molecule has 0 fully saturated rings. The molecule has 0 rings (SSSR count). The summed E-state index contributed by atoms with van der Waals surface area (Å²) in [6, 6.07) is 0. The van der Waals surface area contributed by atoms with Crippen LogP contribution in [0.5, 0.6) is 0 Å². The van der Waals surface area contributed by atoms with E-state index >= 15 is 0 Å². The van der Waals surface area contributed by atoms with Gasteiger partial charge < -0.3 is 0 Å². The van der Waals surface area contributed by atoms with Gasteiger partial charge >= 0.3 is 0 Å². The Labute approximate surface area is 107 Å². The van der Waals surface area contributed by atoms with Crippen LogP contribution < -0.4 is 0 Å². The van der Waals surface area contributed by atoms with E-state index in [1.165, 1.54) is 0 Å². The molecular formula is DySn3. The first kappa shape index (κ1) is 25.3. The summed E-state index contributed by atoms with van der Waals surface area (Å²) in [6.07, 6.45) is 0. The van der Waals surface area contributed by atoms with Gasteiger partial charge in [0.1, 0.15) is 0 Å². The van der Waals surface area contributed by atoms with Crippen LogP contribution in [0.3, 0.4) is 0 Å². The Morgan fingerprint density at radius 1 is 0.500 bits per heavy atom. The molecule has 0 aromatic heterocycles. The zero-order valence-electron chi connectivity index (χ0n) is 1.82. The average molecular weight is 519 g/mol. The van der Waals surface area contributed by atoms with E-state index in [2.05, 4.69) is 0 Å². The van der Waals surface area contributed by atoms with Crippen LogP contribution in [-0.4, -0.2) is 71.7 Å². The van der Waals surface area contributed by atoms with Crippen molar-refractivity contribution in [3.63, 3.8) is 0 Å². The summed E-state index contributed by atoms with van der Waals surface area (Å²) in [7, 11) is 0. The van der Waals surface area contributed by atoms with Gasteiger partial charge in [0, 0.05) is 110 Å². The molecule has 0 aromatic carbocycles. The van der Waals surface area contributed by atoms with Crippen molar-refractivity contribution in [1.29, 1.82) is 0 Å². The van der Waals surface area contributed by atoms with Gasteiger partial charge in [0.15, 0.2) is 0 Å². The van der Waals surface area contributed by atoms with Gasteiger partial charge in [-0.3, -0.25) is 0 Å². The topological polar surface area (TPSA) is 0 Å². The number of hydrogen-bond acceptors (Lipinski definition) is 0. The van der Waals surface area contributed by atoms with Gasteiger partial charge in [0.05, 0.1) is 0 Å². The normalized spacial score (nSPS) is 0. The Morgan fingerprint density at radius 3 is 0.500 bits per heavy atom. The van der Waals surface area contributed by atoms with Crippen LogP contribution in [0.15, 0.2) is 0 Å². The fourth-order valence-corrected chi connectivity index (χ4v) is 0. The van der Waals surface area contributed by atoms with E-state index in [-0.39, 0.29) is 110 Å². The third-order valence-electron chi connectivity index (χ3n) is 0. The van der Waals surface area contributed by atoms with Gasteiger partial charge in [0.25, 0.3) is 0 Å². The van der Waals surface area contributed by atoms with E-state index in [0.29, 0.717) is 0 Å². The van der Waals surface area contributed by atoms with Crippen LogP contribution in [-0.2, 0) is 0 Å². The van der Waals surface area contributed by atoms with Gasteiger partial charge in [0.2, 0.25) is 0 Å². The molecule has 0 amide bonds. The molecular weight excluding hydrogens is 519 g/mol. The molecule has 0 N–H and O–H groups in total. The Kier molecular flexibility index (Phi) is 101. The molecule has 0 saturated carbocycles. The Bertz CT molecular complexity index is 3.25. The van der Waals surface area contributed by atoms with Crippen LogP contribution in [0.1, 0.15) is 0 Å². The van der Waals surface area contributed by atoms with Crippen molar-refractivity contribution in [2.75, 3.05) is 0 Å². The predicted molar refractivity (Wildman–Crippen MR) is 17.3 cm³/mol. The summed E-state index contributed by atoms with van der Waals surface area (Å²) in [5, 5.41) is 0. The van der Waals surface area contributed by atoms with Gasteiger partial charge in [-0.05, 0) is 0 Å². The first-order chi connectivity index (χ1) is 0. The Balaban J connectivity index is 0. The molecule has 0 bridgehead atoms. The maximum Gasteiger partial charge on any atom is 0 e. The van der Waals surface area contributed by atoms with Crippen LogP contribution in [0.25, 0.3) is 0 Å². The molecule has 0 aromatic rings. The fraction of sp³-hybridized carbons (Fsp3) is 0. The van der Waals surface area contributed by atoms with Crippen molar-refractivity contribution < 1.29 is 38.2 Å². The minimum absolute atomic E-state index is 0. The van der Waals surface area contributed by atoms with Crippen molar-refractivity contribution in [2.24, 2.45) is 0 Å². The summed E-state index contributed by atoms with van der Waals surface area (Å²) in [5.41, 5.74) is 0. The molecule has 22 valence electrons. The first-order valence-electron chi connectivity index (χ1n) is 0. The van der Waals surface area contributed by atoms with Gasteiger partial charge in [-0.25, -0.2) is 0 Å². The van der Waals surface area contributed by atoms with E-state index in [0.717, 1.165) is 0 Å². The zero-order chi connectivity index (χ0) is 0. The minimum Gasteiger partial charge on any atom is 0 e. The molecule has 0 atom stereocenters. The van der Waals surface area contributed by atoms with Crippen molar-refractivity contribution >= 4 is 71.7 Å².